The molecule has 1 aliphatic heterocycles. The minimum absolute atomic E-state index is 0.231. The average Bonchev–Trinajstić information content (AvgIpc) is 2.40. The minimum atomic E-state index is -0.906. The van der Waals surface area contributed by atoms with Crippen molar-refractivity contribution >= 4 is 6.09 Å². The van der Waals surface area contributed by atoms with E-state index in [0.717, 1.165) is 0 Å². The number of aromatic nitrogens is 1. The molecule has 0 radical (unpaired) electrons. The Labute approximate surface area is 110 Å². The number of pyridine rings is 1. The van der Waals surface area contributed by atoms with Crippen LogP contribution in [0.5, 0.6) is 5.75 Å². The van der Waals surface area contributed by atoms with Crippen LogP contribution in [0.3, 0.4) is 0 Å². The smallest absolute Gasteiger partial charge is 0.407 e. The average molecular weight is 267 g/mol. The van der Waals surface area contributed by atoms with Crippen LogP contribution >= 0.6 is 0 Å². The predicted octanol–water partition coefficient (Wildman–Crippen LogP) is -0.113. The lowest BCUT2D eigenvalue weighted by atomic mass is 10.2. The summed E-state index contributed by atoms with van der Waals surface area (Å²) in [6, 6.07) is 1.71. The van der Waals surface area contributed by atoms with Crippen molar-refractivity contribution in [3.8, 4) is 5.75 Å². The third-order valence-corrected chi connectivity index (χ3v) is 3.36. The van der Waals surface area contributed by atoms with Crippen LogP contribution in [0, 0.1) is 0 Å². The molecule has 0 bridgehead atoms. The molecule has 7 nitrogen and oxygen atoms in total. The molecule has 0 aromatic carbocycles. The second kappa shape index (κ2) is 5.31. The highest BCUT2D eigenvalue weighted by molar-refractivity contribution is 5.65. The van der Waals surface area contributed by atoms with Crippen LogP contribution in [0.25, 0.3) is 0 Å². The summed E-state index contributed by atoms with van der Waals surface area (Å²) < 4.78 is 1.32. The number of carbonyl (C=O) groups is 1. The summed E-state index contributed by atoms with van der Waals surface area (Å²) in [6.07, 6.45) is 0.710. The van der Waals surface area contributed by atoms with Gasteiger partial charge in [-0.05, 0) is 6.07 Å². The lowest BCUT2D eigenvalue weighted by molar-refractivity contribution is 0.102. The van der Waals surface area contributed by atoms with Gasteiger partial charge >= 0.3 is 6.09 Å². The van der Waals surface area contributed by atoms with Gasteiger partial charge in [-0.15, -0.1) is 0 Å². The Morgan fingerprint density at radius 2 is 1.95 bits per heavy atom. The second-order valence-corrected chi connectivity index (χ2v) is 4.65. The zero-order valence-corrected chi connectivity index (χ0v) is 10.7. The number of hydrogen-bond acceptors (Lipinski definition) is 4. The van der Waals surface area contributed by atoms with Crippen molar-refractivity contribution in [1.82, 2.24) is 14.4 Å². The van der Waals surface area contributed by atoms with E-state index in [1.807, 2.05) is 4.90 Å². The molecular formula is C12H17N3O4. The van der Waals surface area contributed by atoms with Crippen LogP contribution < -0.4 is 5.56 Å². The van der Waals surface area contributed by atoms with Crippen molar-refractivity contribution in [1.29, 1.82) is 0 Å². The molecule has 7 heteroatoms. The van der Waals surface area contributed by atoms with E-state index in [9.17, 15) is 14.7 Å². The Kier molecular flexibility index (Phi) is 3.75. The van der Waals surface area contributed by atoms with Crippen molar-refractivity contribution in [2.24, 2.45) is 7.05 Å². The number of piperazine rings is 1. The largest absolute Gasteiger partial charge is 0.503 e. The number of carboxylic acid groups (broad SMARTS) is 1. The summed E-state index contributed by atoms with van der Waals surface area (Å²) in [5.41, 5.74) is 0.161. The maximum absolute atomic E-state index is 11.6. The standard InChI is InChI=1S/C12H17N3O4/c1-13-3-2-9(10(16)11(13)17)8-14-4-6-15(7-5-14)12(18)19/h2-3,16H,4-8H2,1H3,(H,18,19). The van der Waals surface area contributed by atoms with Gasteiger partial charge in [0.15, 0.2) is 5.75 Å². The van der Waals surface area contributed by atoms with Crippen molar-refractivity contribution in [2.45, 2.75) is 6.54 Å². The normalized spacial score (nSPS) is 16.6. The Bertz CT molecular complexity index is 532. The number of aromatic hydroxyl groups is 1. The van der Waals surface area contributed by atoms with Gasteiger partial charge in [0.2, 0.25) is 0 Å². The second-order valence-electron chi connectivity index (χ2n) is 4.65. The van der Waals surface area contributed by atoms with Crippen molar-refractivity contribution in [3.63, 3.8) is 0 Å². The van der Waals surface area contributed by atoms with Crippen LogP contribution in [0.2, 0.25) is 0 Å². The van der Waals surface area contributed by atoms with Gasteiger partial charge in [-0.25, -0.2) is 4.79 Å². The molecule has 2 heterocycles. The monoisotopic (exact) mass is 267 g/mol. The fourth-order valence-corrected chi connectivity index (χ4v) is 2.12. The lowest BCUT2D eigenvalue weighted by Gasteiger charge is -2.33. The number of rotatable bonds is 2. The molecule has 19 heavy (non-hydrogen) atoms. The van der Waals surface area contributed by atoms with E-state index >= 15 is 0 Å². The molecule has 1 amide bonds. The third kappa shape index (κ3) is 2.87. The fourth-order valence-electron chi connectivity index (χ4n) is 2.12. The number of nitrogens with zero attached hydrogens (tertiary/aromatic N) is 3. The van der Waals surface area contributed by atoms with Crippen LogP contribution in [0.15, 0.2) is 17.1 Å². The van der Waals surface area contributed by atoms with E-state index in [1.54, 1.807) is 19.3 Å². The van der Waals surface area contributed by atoms with Crippen molar-refractivity contribution < 1.29 is 15.0 Å². The Balaban J connectivity index is 2.02. The molecule has 1 aliphatic rings. The van der Waals surface area contributed by atoms with Gasteiger partial charge in [0.1, 0.15) is 0 Å². The highest BCUT2D eigenvalue weighted by atomic mass is 16.4. The summed E-state index contributed by atoms with van der Waals surface area (Å²) in [5.74, 6) is -0.231. The van der Waals surface area contributed by atoms with E-state index in [4.69, 9.17) is 5.11 Å². The molecule has 0 saturated carbocycles. The molecule has 1 aromatic heterocycles. The van der Waals surface area contributed by atoms with E-state index in [1.165, 1.54) is 9.47 Å². The third-order valence-electron chi connectivity index (χ3n) is 3.36. The van der Waals surface area contributed by atoms with Gasteiger partial charge in [0.05, 0.1) is 0 Å². The molecule has 0 atom stereocenters. The number of hydrogen-bond donors (Lipinski definition) is 2. The first-order valence-electron chi connectivity index (χ1n) is 6.06. The molecular weight excluding hydrogens is 250 g/mol. The molecule has 0 unspecified atom stereocenters. The Morgan fingerprint density at radius 1 is 1.32 bits per heavy atom. The molecule has 1 aromatic rings. The predicted molar refractivity (Wildman–Crippen MR) is 68.2 cm³/mol. The maximum Gasteiger partial charge on any atom is 0.407 e. The van der Waals surface area contributed by atoms with Crippen LogP contribution in [-0.4, -0.2) is 56.9 Å². The van der Waals surface area contributed by atoms with E-state index in [2.05, 4.69) is 0 Å². The molecule has 0 spiro atoms. The number of amides is 1. The highest BCUT2D eigenvalue weighted by Gasteiger charge is 2.21. The summed E-state index contributed by atoms with van der Waals surface area (Å²) in [5, 5.41) is 18.6. The van der Waals surface area contributed by atoms with Gasteiger partial charge < -0.3 is 19.7 Å². The van der Waals surface area contributed by atoms with Gasteiger partial charge in [-0.3, -0.25) is 9.69 Å². The van der Waals surface area contributed by atoms with Crippen molar-refractivity contribution in [3.05, 3.63) is 28.2 Å². The van der Waals surface area contributed by atoms with Crippen molar-refractivity contribution in [2.75, 3.05) is 26.2 Å². The first kappa shape index (κ1) is 13.4. The van der Waals surface area contributed by atoms with E-state index < -0.39 is 11.7 Å². The maximum atomic E-state index is 11.6. The van der Waals surface area contributed by atoms with Crippen LogP contribution in [-0.2, 0) is 13.6 Å². The lowest BCUT2D eigenvalue weighted by Crippen LogP contribution is -2.47. The molecule has 2 rings (SSSR count). The summed E-state index contributed by atoms with van der Waals surface area (Å²) in [4.78, 5) is 25.7. The Morgan fingerprint density at radius 3 is 2.53 bits per heavy atom. The fraction of sp³-hybridized carbons (Fsp3) is 0.500. The molecule has 0 aliphatic carbocycles. The first-order chi connectivity index (χ1) is 8.99. The summed E-state index contributed by atoms with van der Waals surface area (Å²) >= 11 is 0. The topological polar surface area (TPSA) is 86.0 Å². The van der Waals surface area contributed by atoms with E-state index in [-0.39, 0.29) is 5.75 Å². The van der Waals surface area contributed by atoms with Crippen LogP contribution in [0.1, 0.15) is 5.56 Å². The Hall–Kier alpha value is -2.02. The van der Waals surface area contributed by atoms with E-state index in [0.29, 0.717) is 38.3 Å². The van der Waals surface area contributed by atoms with Gasteiger partial charge in [-0.2, -0.15) is 0 Å². The van der Waals surface area contributed by atoms with Gasteiger partial charge in [-0.1, -0.05) is 0 Å². The minimum Gasteiger partial charge on any atom is -0.503 e. The highest BCUT2D eigenvalue weighted by Crippen LogP contribution is 2.14. The van der Waals surface area contributed by atoms with Gasteiger partial charge in [0.25, 0.3) is 5.56 Å². The molecule has 1 fully saturated rings. The quantitative estimate of drug-likeness (QED) is 0.780. The summed E-state index contributed by atoms with van der Waals surface area (Å²) in [6.45, 7) is 2.54. The SMILES string of the molecule is Cn1ccc(CN2CCN(C(=O)O)CC2)c(O)c1=O. The van der Waals surface area contributed by atoms with Gasteiger partial charge in [0, 0.05) is 51.5 Å². The summed E-state index contributed by atoms with van der Waals surface area (Å²) in [7, 11) is 1.58. The molecule has 2 N–H and O–H groups in total. The first-order valence-corrected chi connectivity index (χ1v) is 6.06. The zero-order chi connectivity index (χ0) is 14.0. The molecule has 104 valence electrons. The van der Waals surface area contributed by atoms with Crippen LogP contribution in [0.4, 0.5) is 4.79 Å². The molecule has 1 saturated heterocycles. The number of aryl methyl sites for hydroxylation is 1. The zero-order valence-electron chi connectivity index (χ0n) is 10.7.